The smallest absolute Gasteiger partial charge is 0.0815 e. The molecule has 3 heterocycles. The van der Waals surface area contributed by atoms with Gasteiger partial charge in [-0.15, -0.1) is 0 Å². The molecule has 3 unspecified atom stereocenters. The first-order valence-corrected chi connectivity index (χ1v) is 5.58. The molecule has 0 bridgehead atoms. The molecule has 0 aromatic rings. The quantitative estimate of drug-likeness (QED) is 0.605. The maximum absolute atomic E-state index is 5.33. The van der Waals surface area contributed by atoms with Gasteiger partial charge in [0.15, 0.2) is 0 Å². The highest BCUT2D eigenvalue weighted by Crippen LogP contribution is 2.42. The molecule has 3 nitrogen and oxygen atoms in total. The molecule has 0 N–H and O–H groups in total. The van der Waals surface area contributed by atoms with E-state index in [9.17, 15) is 0 Å². The van der Waals surface area contributed by atoms with Gasteiger partial charge in [0.05, 0.1) is 38.1 Å². The van der Waals surface area contributed by atoms with Crippen LogP contribution in [0.25, 0.3) is 0 Å². The zero-order valence-corrected chi connectivity index (χ0v) is 8.70. The third-order valence-electron chi connectivity index (χ3n) is 3.37. The van der Waals surface area contributed by atoms with Crippen LogP contribution in [0, 0.1) is 5.41 Å². The Bertz CT molecular complexity index is 181. The van der Waals surface area contributed by atoms with Crippen LogP contribution < -0.4 is 0 Å². The van der Waals surface area contributed by atoms with Crippen molar-refractivity contribution in [1.29, 1.82) is 0 Å². The second-order valence-electron chi connectivity index (χ2n) is 5.29. The molecule has 14 heavy (non-hydrogen) atoms. The van der Waals surface area contributed by atoms with E-state index in [4.69, 9.17) is 14.2 Å². The lowest BCUT2D eigenvalue weighted by atomic mass is 9.77. The fourth-order valence-corrected chi connectivity index (χ4v) is 2.46. The second-order valence-corrected chi connectivity index (χ2v) is 5.29. The van der Waals surface area contributed by atoms with Gasteiger partial charge < -0.3 is 14.2 Å². The van der Waals surface area contributed by atoms with E-state index in [1.165, 1.54) is 19.3 Å². The highest BCUT2D eigenvalue weighted by molar-refractivity contribution is 4.91. The van der Waals surface area contributed by atoms with E-state index in [1.54, 1.807) is 0 Å². The molecule has 3 aliphatic heterocycles. The van der Waals surface area contributed by atoms with Crippen molar-refractivity contribution in [2.45, 2.75) is 44.5 Å². The van der Waals surface area contributed by atoms with Crippen molar-refractivity contribution in [3.8, 4) is 0 Å². The standard InChI is InChI=1S/C11H18O3/c1-11(2-8-5-12-8,3-9-6-13-9)4-10-7-14-10/h8-10H,2-7H2,1H3. The Balaban J connectivity index is 1.56. The molecule has 0 spiro atoms. The molecule has 3 aliphatic rings. The predicted octanol–water partition coefficient (Wildman–Crippen LogP) is 1.36. The van der Waals surface area contributed by atoms with Gasteiger partial charge in [-0.3, -0.25) is 0 Å². The first kappa shape index (κ1) is 9.13. The summed E-state index contributed by atoms with van der Waals surface area (Å²) in [5.41, 5.74) is 0.378. The lowest BCUT2D eigenvalue weighted by Gasteiger charge is -2.27. The summed E-state index contributed by atoms with van der Waals surface area (Å²) in [5.74, 6) is 0. The van der Waals surface area contributed by atoms with Crippen LogP contribution in [-0.4, -0.2) is 38.1 Å². The van der Waals surface area contributed by atoms with E-state index in [1.807, 2.05) is 0 Å². The Labute approximate surface area is 84.7 Å². The number of epoxide rings is 3. The molecular weight excluding hydrogens is 180 g/mol. The topological polar surface area (TPSA) is 37.6 Å². The number of hydrogen-bond donors (Lipinski definition) is 0. The van der Waals surface area contributed by atoms with E-state index in [0.29, 0.717) is 23.7 Å². The average Bonchev–Trinajstić information content (AvgIpc) is 2.90. The van der Waals surface area contributed by atoms with Gasteiger partial charge in [0.25, 0.3) is 0 Å². The van der Waals surface area contributed by atoms with Crippen LogP contribution in [0.3, 0.4) is 0 Å². The van der Waals surface area contributed by atoms with Gasteiger partial charge in [0.1, 0.15) is 0 Å². The molecule has 3 heteroatoms. The lowest BCUT2D eigenvalue weighted by Crippen LogP contribution is -2.23. The minimum atomic E-state index is 0.378. The van der Waals surface area contributed by atoms with E-state index in [0.717, 1.165) is 19.8 Å². The van der Waals surface area contributed by atoms with E-state index >= 15 is 0 Å². The zero-order chi connectivity index (χ0) is 9.60. The van der Waals surface area contributed by atoms with Crippen molar-refractivity contribution in [3.63, 3.8) is 0 Å². The molecule has 80 valence electrons. The van der Waals surface area contributed by atoms with Crippen molar-refractivity contribution < 1.29 is 14.2 Å². The van der Waals surface area contributed by atoms with Crippen molar-refractivity contribution in [2.24, 2.45) is 5.41 Å². The summed E-state index contributed by atoms with van der Waals surface area (Å²) >= 11 is 0. The number of rotatable bonds is 6. The van der Waals surface area contributed by atoms with Crippen molar-refractivity contribution in [2.75, 3.05) is 19.8 Å². The highest BCUT2D eigenvalue weighted by atomic mass is 16.6. The summed E-state index contributed by atoms with van der Waals surface area (Å²) in [4.78, 5) is 0. The van der Waals surface area contributed by atoms with Gasteiger partial charge in [0.2, 0.25) is 0 Å². The molecule has 3 atom stereocenters. The van der Waals surface area contributed by atoms with Crippen LogP contribution in [0.4, 0.5) is 0 Å². The summed E-state index contributed by atoms with van der Waals surface area (Å²) in [6, 6.07) is 0. The summed E-state index contributed by atoms with van der Waals surface area (Å²) < 4.78 is 16.0. The third kappa shape index (κ3) is 2.47. The average molecular weight is 198 g/mol. The molecule has 0 saturated carbocycles. The van der Waals surface area contributed by atoms with Gasteiger partial charge in [-0.1, -0.05) is 6.92 Å². The number of ether oxygens (including phenoxy) is 3. The van der Waals surface area contributed by atoms with Gasteiger partial charge in [-0.05, 0) is 24.7 Å². The van der Waals surface area contributed by atoms with E-state index < -0.39 is 0 Å². The fourth-order valence-electron chi connectivity index (χ4n) is 2.46. The zero-order valence-electron chi connectivity index (χ0n) is 8.70. The van der Waals surface area contributed by atoms with Crippen LogP contribution >= 0.6 is 0 Å². The summed E-state index contributed by atoms with van der Waals surface area (Å²) in [6.07, 6.45) is 5.14. The normalized spacial score (nSPS) is 43.1. The third-order valence-corrected chi connectivity index (χ3v) is 3.37. The molecule has 3 saturated heterocycles. The summed E-state index contributed by atoms with van der Waals surface area (Å²) in [7, 11) is 0. The van der Waals surface area contributed by atoms with Gasteiger partial charge in [-0.2, -0.15) is 0 Å². The lowest BCUT2D eigenvalue weighted by molar-refractivity contribution is 0.176. The molecule has 0 amide bonds. The minimum absolute atomic E-state index is 0.378. The Morgan fingerprint density at radius 1 is 0.857 bits per heavy atom. The molecule has 3 fully saturated rings. The van der Waals surface area contributed by atoms with Crippen molar-refractivity contribution in [3.05, 3.63) is 0 Å². The predicted molar refractivity (Wildman–Crippen MR) is 51.2 cm³/mol. The maximum atomic E-state index is 5.33. The Kier molecular flexibility index (Phi) is 2.08. The summed E-state index contributed by atoms with van der Waals surface area (Å²) in [5, 5.41) is 0. The van der Waals surface area contributed by atoms with Gasteiger partial charge in [0, 0.05) is 0 Å². The first-order chi connectivity index (χ1) is 6.73. The minimum Gasteiger partial charge on any atom is -0.373 e. The second kappa shape index (κ2) is 3.19. The van der Waals surface area contributed by atoms with Gasteiger partial charge in [-0.25, -0.2) is 0 Å². The largest absolute Gasteiger partial charge is 0.373 e. The molecule has 0 aromatic heterocycles. The molecule has 0 aliphatic carbocycles. The van der Waals surface area contributed by atoms with Crippen molar-refractivity contribution in [1.82, 2.24) is 0 Å². The highest BCUT2D eigenvalue weighted by Gasteiger charge is 2.42. The fraction of sp³-hybridized carbons (Fsp3) is 1.00. The van der Waals surface area contributed by atoms with Crippen LogP contribution in [0.1, 0.15) is 26.2 Å². The molecular formula is C11H18O3. The SMILES string of the molecule is CC(CC1CO1)(CC1CO1)CC1CO1. The van der Waals surface area contributed by atoms with Gasteiger partial charge >= 0.3 is 0 Å². The Morgan fingerprint density at radius 3 is 1.36 bits per heavy atom. The van der Waals surface area contributed by atoms with E-state index in [2.05, 4.69) is 6.92 Å². The maximum Gasteiger partial charge on any atom is 0.0815 e. The van der Waals surface area contributed by atoms with Crippen LogP contribution in [0.2, 0.25) is 0 Å². The van der Waals surface area contributed by atoms with Crippen LogP contribution in [0.15, 0.2) is 0 Å². The van der Waals surface area contributed by atoms with Crippen molar-refractivity contribution >= 4 is 0 Å². The van der Waals surface area contributed by atoms with Crippen LogP contribution in [0.5, 0.6) is 0 Å². The molecule has 0 aromatic carbocycles. The monoisotopic (exact) mass is 198 g/mol. The number of hydrogen-bond acceptors (Lipinski definition) is 3. The Morgan fingerprint density at radius 2 is 1.14 bits per heavy atom. The molecule has 0 radical (unpaired) electrons. The summed E-state index contributed by atoms with van der Waals surface area (Å²) in [6.45, 7) is 5.25. The molecule has 3 rings (SSSR count). The first-order valence-electron chi connectivity index (χ1n) is 5.58. The van der Waals surface area contributed by atoms with E-state index in [-0.39, 0.29) is 0 Å². The van der Waals surface area contributed by atoms with Crippen LogP contribution in [-0.2, 0) is 14.2 Å². The Hall–Kier alpha value is -0.120.